The van der Waals surface area contributed by atoms with Crippen LogP contribution < -0.4 is 20.7 Å². The van der Waals surface area contributed by atoms with Crippen LogP contribution in [0.5, 0.6) is 5.75 Å². The molecule has 0 bridgehead atoms. The molecule has 0 spiro atoms. The van der Waals surface area contributed by atoms with Gasteiger partial charge in [0, 0.05) is 30.8 Å². The van der Waals surface area contributed by atoms with E-state index in [1.54, 1.807) is 0 Å². The van der Waals surface area contributed by atoms with E-state index in [9.17, 15) is 4.79 Å². The summed E-state index contributed by atoms with van der Waals surface area (Å²) in [5, 5.41) is 9.54. The SMILES string of the molecule is CCNC(=NCc1ccccc1OCC1CC1)NCCCNC(=O)c1ccccc1. The normalized spacial score (nSPS) is 13.6. The predicted molar refractivity (Wildman–Crippen MR) is 121 cm³/mol. The Balaban J connectivity index is 1.42. The number of amides is 1. The maximum absolute atomic E-state index is 12.1. The van der Waals surface area contributed by atoms with Crippen LogP contribution in [0.3, 0.4) is 0 Å². The van der Waals surface area contributed by atoms with Crippen molar-refractivity contribution in [2.75, 3.05) is 26.2 Å². The number of guanidine groups is 1. The van der Waals surface area contributed by atoms with Gasteiger partial charge in [0.15, 0.2) is 5.96 Å². The predicted octanol–water partition coefficient (Wildman–Crippen LogP) is 3.35. The number of benzene rings is 2. The average Bonchev–Trinajstić information content (AvgIpc) is 3.61. The van der Waals surface area contributed by atoms with Crippen molar-refractivity contribution in [3.05, 3.63) is 65.7 Å². The van der Waals surface area contributed by atoms with Crippen LogP contribution in [-0.4, -0.2) is 38.1 Å². The van der Waals surface area contributed by atoms with E-state index in [1.165, 1.54) is 12.8 Å². The number of carbonyl (C=O) groups excluding carboxylic acids is 1. The summed E-state index contributed by atoms with van der Waals surface area (Å²) in [5.41, 5.74) is 1.77. The lowest BCUT2D eigenvalue weighted by Gasteiger charge is -2.13. The molecule has 1 amide bonds. The second kappa shape index (κ2) is 11.9. The fraction of sp³-hybridized carbons (Fsp3) is 0.417. The minimum Gasteiger partial charge on any atom is -0.493 e. The van der Waals surface area contributed by atoms with Crippen molar-refractivity contribution in [3.8, 4) is 5.75 Å². The van der Waals surface area contributed by atoms with E-state index in [0.29, 0.717) is 18.7 Å². The molecule has 30 heavy (non-hydrogen) atoms. The number of para-hydroxylation sites is 1. The Labute approximate surface area is 179 Å². The fourth-order valence-corrected chi connectivity index (χ4v) is 2.96. The van der Waals surface area contributed by atoms with Crippen molar-refractivity contribution in [2.24, 2.45) is 10.9 Å². The summed E-state index contributed by atoms with van der Waals surface area (Å²) in [6, 6.07) is 17.4. The molecule has 6 nitrogen and oxygen atoms in total. The Hall–Kier alpha value is -3.02. The van der Waals surface area contributed by atoms with Gasteiger partial charge in [-0.15, -0.1) is 0 Å². The first-order chi connectivity index (χ1) is 14.8. The number of aliphatic imine (C=N–C) groups is 1. The highest BCUT2D eigenvalue weighted by Crippen LogP contribution is 2.30. The lowest BCUT2D eigenvalue weighted by atomic mass is 10.2. The summed E-state index contributed by atoms with van der Waals surface area (Å²) in [6.07, 6.45) is 3.37. The summed E-state index contributed by atoms with van der Waals surface area (Å²) < 4.78 is 5.98. The first-order valence-corrected chi connectivity index (χ1v) is 10.8. The standard InChI is InChI=1S/C24H32N4O2/c1-2-25-24(27-16-8-15-26-23(29)20-9-4-3-5-10-20)28-17-21-11-6-7-12-22(21)30-18-19-13-14-19/h3-7,9-12,19H,2,8,13-18H2,1H3,(H,26,29)(H2,25,27,28). The molecular weight excluding hydrogens is 376 g/mol. The zero-order valence-electron chi connectivity index (χ0n) is 17.7. The summed E-state index contributed by atoms with van der Waals surface area (Å²) in [4.78, 5) is 16.7. The first kappa shape index (κ1) is 21.7. The molecule has 0 unspecified atom stereocenters. The van der Waals surface area contributed by atoms with Gasteiger partial charge in [0.25, 0.3) is 5.91 Å². The van der Waals surface area contributed by atoms with Crippen LogP contribution in [0.2, 0.25) is 0 Å². The molecule has 1 aliphatic rings. The van der Waals surface area contributed by atoms with E-state index in [2.05, 4.69) is 22.0 Å². The highest BCUT2D eigenvalue weighted by atomic mass is 16.5. The highest BCUT2D eigenvalue weighted by molar-refractivity contribution is 5.94. The van der Waals surface area contributed by atoms with E-state index in [-0.39, 0.29) is 5.91 Å². The number of nitrogens with zero attached hydrogens (tertiary/aromatic N) is 1. The van der Waals surface area contributed by atoms with E-state index >= 15 is 0 Å². The van der Waals surface area contributed by atoms with Crippen LogP contribution in [-0.2, 0) is 6.54 Å². The lowest BCUT2D eigenvalue weighted by molar-refractivity contribution is 0.0953. The van der Waals surface area contributed by atoms with Crippen LogP contribution in [0.25, 0.3) is 0 Å². The van der Waals surface area contributed by atoms with Crippen LogP contribution in [0.1, 0.15) is 42.1 Å². The summed E-state index contributed by atoms with van der Waals surface area (Å²) in [5.74, 6) is 2.37. The van der Waals surface area contributed by atoms with Gasteiger partial charge in [-0.05, 0) is 50.3 Å². The molecule has 0 aliphatic heterocycles. The number of nitrogens with one attached hydrogen (secondary N) is 3. The maximum atomic E-state index is 12.1. The van der Waals surface area contributed by atoms with E-state index in [0.717, 1.165) is 49.3 Å². The fourth-order valence-electron chi connectivity index (χ4n) is 2.96. The minimum atomic E-state index is -0.0426. The number of ether oxygens (including phenoxy) is 1. The Morgan fingerprint density at radius 1 is 1.00 bits per heavy atom. The topological polar surface area (TPSA) is 74.8 Å². The first-order valence-electron chi connectivity index (χ1n) is 10.8. The van der Waals surface area contributed by atoms with Crippen molar-refractivity contribution >= 4 is 11.9 Å². The average molecular weight is 409 g/mol. The number of hydrogen-bond donors (Lipinski definition) is 3. The van der Waals surface area contributed by atoms with Crippen molar-refractivity contribution < 1.29 is 9.53 Å². The summed E-state index contributed by atoms with van der Waals surface area (Å²) in [6.45, 7) is 5.52. The molecule has 1 fully saturated rings. The molecule has 0 saturated heterocycles. The summed E-state index contributed by atoms with van der Waals surface area (Å²) >= 11 is 0. The minimum absolute atomic E-state index is 0.0426. The van der Waals surface area contributed by atoms with E-state index < -0.39 is 0 Å². The van der Waals surface area contributed by atoms with Gasteiger partial charge < -0.3 is 20.7 Å². The zero-order chi connectivity index (χ0) is 21.0. The molecule has 3 rings (SSSR count). The molecule has 0 heterocycles. The van der Waals surface area contributed by atoms with Crippen molar-refractivity contribution in [1.82, 2.24) is 16.0 Å². The molecule has 0 radical (unpaired) electrons. The van der Waals surface area contributed by atoms with Gasteiger partial charge in [-0.3, -0.25) is 4.79 Å². The molecule has 160 valence electrons. The Morgan fingerprint density at radius 3 is 2.50 bits per heavy atom. The van der Waals surface area contributed by atoms with E-state index in [1.807, 2.05) is 55.5 Å². The van der Waals surface area contributed by atoms with Gasteiger partial charge in [0.05, 0.1) is 13.2 Å². The molecular formula is C24H32N4O2. The third-order valence-corrected chi connectivity index (χ3v) is 4.86. The third kappa shape index (κ3) is 7.43. The molecule has 2 aromatic carbocycles. The Kier molecular flexibility index (Phi) is 8.57. The van der Waals surface area contributed by atoms with Crippen molar-refractivity contribution in [3.63, 3.8) is 0 Å². The number of hydrogen-bond acceptors (Lipinski definition) is 3. The monoisotopic (exact) mass is 408 g/mol. The van der Waals surface area contributed by atoms with Crippen LogP contribution >= 0.6 is 0 Å². The molecule has 1 aliphatic carbocycles. The smallest absolute Gasteiger partial charge is 0.251 e. The van der Waals surface area contributed by atoms with Crippen LogP contribution in [0, 0.1) is 5.92 Å². The van der Waals surface area contributed by atoms with Gasteiger partial charge in [0.1, 0.15) is 5.75 Å². The second-order valence-corrected chi connectivity index (χ2v) is 7.46. The summed E-state index contributed by atoms with van der Waals surface area (Å²) in [7, 11) is 0. The molecule has 0 aromatic heterocycles. The highest BCUT2D eigenvalue weighted by Gasteiger charge is 2.22. The number of rotatable bonds is 11. The van der Waals surface area contributed by atoms with Crippen LogP contribution in [0.15, 0.2) is 59.6 Å². The lowest BCUT2D eigenvalue weighted by Crippen LogP contribution is -2.38. The molecule has 3 N–H and O–H groups in total. The van der Waals surface area contributed by atoms with Gasteiger partial charge in [-0.1, -0.05) is 36.4 Å². The third-order valence-electron chi connectivity index (χ3n) is 4.86. The molecule has 0 atom stereocenters. The quantitative estimate of drug-likeness (QED) is 0.303. The van der Waals surface area contributed by atoms with E-state index in [4.69, 9.17) is 9.73 Å². The van der Waals surface area contributed by atoms with Gasteiger partial charge in [-0.2, -0.15) is 0 Å². The Morgan fingerprint density at radius 2 is 1.73 bits per heavy atom. The molecule has 6 heteroatoms. The second-order valence-electron chi connectivity index (χ2n) is 7.46. The maximum Gasteiger partial charge on any atom is 0.251 e. The van der Waals surface area contributed by atoms with Gasteiger partial charge >= 0.3 is 0 Å². The zero-order valence-corrected chi connectivity index (χ0v) is 17.7. The van der Waals surface area contributed by atoms with Crippen LogP contribution in [0.4, 0.5) is 0 Å². The molecule has 2 aromatic rings. The Bertz CT molecular complexity index is 819. The number of carbonyl (C=O) groups is 1. The largest absolute Gasteiger partial charge is 0.493 e. The van der Waals surface area contributed by atoms with Gasteiger partial charge in [0.2, 0.25) is 0 Å². The van der Waals surface area contributed by atoms with Gasteiger partial charge in [-0.25, -0.2) is 4.99 Å². The van der Waals surface area contributed by atoms with Crippen molar-refractivity contribution in [1.29, 1.82) is 0 Å². The van der Waals surface area contributed by atoms with Crippen molar-refractivity contribution in [2.45, 2.75) is 32.7 Å². The molecule has 1 saturated carbocycles.